The van der Waals surface area contributed by atoms with Gasteiger partial charge in [0.1, 0.15) is 0 Å². The van der Waals surface area contributed by atoms with Crippen LogP contribution in [0.2, 0.25) is 0 Å². The Labute approximate surface area is 103 Å². The summed E-state index contributed by atoms with van der Waals surface area (Å²) in [5.41, 5.74) is 4.42. The molecule has 0 heterocycles. The lowest BCUT2D eigenvalue weighted by Crippen LogP contribution is -2.26. The summed E-state index contributed by atoms with van der Waals surface area (Å²) in [5, 5.41) is 9.73. The topological polar surface area (TPSA) is 64.7 Å². The van der Waals surface area contributed by atoms with Gasteiger partial charge in [-0.25, -0.2) is 8.78 Å². The standard InChI is InChI=1S/C12H15F2NO3/c1-17-8-3-7(4-9(18-2)10(8)16)11(6-15)5-12(11,13)14/h3-4,16H,5-6,15H2,1-2H3. The lowest BCUT2D eigenvalue weighted by molar-refractivity contribution is 0.0895. The SMILES string of the molecule is COc1cc(C2(CN)CC2(F)F)cc(OC)c1O. The minimum absolute atomic E-state index is 0.0971. The predicted molar refractivity (Wildman–Crippen MR) is 61.5 cm³/mol. The van der Waals surface area contributed by atoms with E-state index in [1.165, 1.54) is 26.4 Å². The first-order chi connectivity index (χ1) is 8.41. The molecule has 0 saturated heterocycles. The maximum Gasteiger partial charge on any atom is 0.260 e. The van der Waals surface area contributed by atoms with Gasteiger partial charge >= 0.3 is 0 Å². The summed E-state index contributed by atoms with van der Waals surface area (Å²) in [7, 11) is 2.69. The van der Waals surface area contributed by atoms with E-state index in [4.69, 9.17) is 15.2 Å². The number of methoxy groups -OCH3 is 2. The van der Waals surface area contributed by atoms with Gasteiger partial charge < -0.3 is 20.3 Å². The monoisotopic (exact) mass is 259 g/mol. The zero-order chi connectivity index (χ0) is 13.6. The average Bonchev–Trinajstić information content (AvgIpc) is 2.93. The van der Waals surface area contributed by atoms with Gasteiger partial charge in [-0.3, -0.25) is 0 Å². The Morgan fingerprint density at radius 1 is 1.28 bits per heavy atom. The number of rotatable bonds is 4. The van der Waals surface area contributed by atoms with E-state index >= 15 is 0 Å². The van der Waals surface area contributed by atoms with Crippen molar-refractivity contribution in [3.05, 3.63) is 17.7 Å². The van der Waals surface area contributed by atoms with Crippen LogP contribution in [0.25, 0.3) is 0 Å². The molecule has 6 heteroatoms. The molecule has 1 unspecified atom stereocenters. The molecule has 0 aliphatic heterocycles. The van der Waals surface area contributed by atoms with Crippen molar-refractivity contribution in [1.29, 1.82) is 0 Å². The van der Waals surface area contributed by atoms with Crippen LogP contribution in [0, 0.1) is 0 Å². The van der Waals surface area contributed by atoms with Crippen LogP contribution < -0.4 is 15.2 Å². The molecule has 1 atom stereocenters. The second kappa shape index (κ2) is 3.98. The van der Waals surface area contributed by atoms with Crippen LogP contribution >= 0.6 is 0 Å². The van der Waals surface area contributed by atoms with Crippen molar-refractivity contribution in [3.63, 3.8) is 0 Å². The van der Waals surface area contributed by atoms with Crippen molar-refractivity contribution >= 4 is 0 Å². The maximum atomic E-state index is 13.5. The first kappa shape index (κ1) is 12.9. The number of halogens is 2. The third-order valence-electron chi connectivity index (χ3n) is 3.48. The van der Waals surface area contributed by atoms with E-state index < -0.39 is 11.3 Å². The molecule has 100 valence electrons. The summed E-state index contributed by atoms with van der Waals surface area (Å²) in [4.78, 5) is 0. The van der Waals surface area contributed by atoms with E-state index in [0.717, 1.165) is 0 Å². The van der Waals surface area contributed by atoms with Crippen LogP contribution in [-0.2, 0) is 5.41 Å². The molecule has 0 radical (unpaired) electrons. The molecule has 1 aliphatic carbocycles. The Bertz CT molecular complexity index is 453. The van der Waals surface area contributed by atoms with E-state index in [1.807, 2.05) is 0 Å². The largest absolute Gasteiger partial charge is 0.502 e. The fraction of sp³-hybridized carbons (Fsp3) is 0.500. The van der Waals surface area contributed by atoms with Gasteiger partial charge in [0.25, 0.3) is 5.92 Å². The van der Waals surface area contributed by atoms with Crippen LogP contribution in [0.5, 0.6) is 17.2 Å². The molecular formula is C12H15F2NO3. The smallest absolute Gasteiger partial charge is 0.260 e. The molecule has 0 aromatic heterocycles. The highest BCUT2D eigenvalue weighted by atomic mass is 19.3. The molecule has 0 bridgehead atoms. The maximum absolute atomic E-state index is 13.5. The van der Waals surface area contributed by atoms with Gasteiger partial charge in [-0.1, -0.05) is 0 Å². The number of alkyl halides is 2. The summed E-state index contributed by atoms with van der Waals surface area (Å²) in [5.74, 6) is -2.84. The third kappa shape index (κ3) is 1.59. The number of phenols is 1. The number of aromatic hydroxyl groups is 1. The van der Waals surface area contributed by atoms with E-state index in [1.54, 1.807) is 0 Å². The predicted octanol–water partition coefficient (Wildman–Crippen LogP) is 1.64. The number of hydrogen-bond donors (Lipinski definition) is 2. The van der Waals surface area contributed by atoms with Gasteiger partial charge in [-0.05, 0) is 17.7 Å². The van der Waals surface area contributed by atoms with Crippen LogP contribution in [0.15, 0.2) is 12.1 Å². The van der Waals surface area contributed by atoms with Gasteiger partial charge in [-0.2, -0.15) is 0 Å². The van der Waals surface area contributed by atoms with Crippen LogP contribution in [0.1, 0.15) is 12.0 Å². The van der Waals surface area contributed by atoms with Crippen molar-refractivity contribution < 1.29 is 23.4 Å². The molecular weight excluding hydrogens is 244 g/mol. The van der Waals surface area contributed by atoms with E-state index in [9.17, 15) is 13.9 Å². The minimum Gasteiger partial charge on any atom is -0.502 e. The lowest BCUT2D eigenvalue weighted by Gasteiger charge is -2.17. The Morgan fingerprint density at radius 3 is 2.00 bits per heavy atom. The third-order valence-corrected chi connectivity index (χ3v) is 3.48. The van der Waals surface area contributed by atoms with E-state index in [0.29, 0.717) is 5.56 Å². The van der Waals surface area contributed by atoms with Gasteiger partial charge in [-0.15, -0.1) is 0 Å². The molecule has 1 aromatic carbocycles. The zero-order valence-corrected chi connectivity index (χ0v) is 10.2. The summed E-state index contributed by atoms with van der Waals surface area (Å²) < 4.78 is 36.9. The Kier molecular flexibility index (Phi) is 2.85. The second-order valence-electron chi connectivity index (χ2n) is 4.40. The highest BCUT2D eigenvalue weighted by Crippen LogP contribution is 2.62. The summed E-state index contributed by atoms with van der Waals surface area (Å²) in [6.45, 7) is -0.170. The van der Waals surface area contributed by atoms with Crippen molar-refractivity contribution in [1.82, 2.24) is 0 Å². The highest BCUT2D eigenvalue weighted by Gasteiger charge is 2.71. The average molecular weight is 259 g/mol. The molecule has 1 fully saturated rings. The second-order valence-corrected chi connectivity index (χ2v) is 4.40. The molecule has 0 spiro atoms. The van der Waals surface area contributed by atoms with Gasteiger partial charge in [0.15, 0.2) is 11.5 Å². The molecule has 3 N–H and O–H groups in total. The number of hydrogen-bond acceptors (Lipinski definition) is 4. The molecule has 18 heavy (non-hydrogen) atoms. The van der Waals surface area contributed by atoms with Gasteiger partial charge in [0.2, 0.25) is 5.75 Å². The molecule has 1 aliphatic rings. The Morgan fingerprint density at radius 2 is 1.72 bits per heavy atom. The molecule has 0 amide bonds. The fourth-order valence-corrected chi connectivity index (χ4v) is 2.16. The normalized spacial score (nSPS) is 24.7. The van der Waals surface area contributed by atoms with Crippen LogP contribution in [0.4, 0.5) is 8.78 Å². The first-order valence-corrected chi connectivity index (χ1v) is 5.45. The number of ether oxygens (including phenoxy) is 2. The highest BCUT2D eigenvalue weighted by molar-refractivity contribution is 5.56. The van der Waals surface area contributed by atoms with Gasteiger partial charge in [0, 0.05) is 13.0 Å². The summed E-state index contributed by atoms with van der Waals surface area (Å²) in [6.07, 6.45) is -0.298. The quantitative estimate of drug-likeness (QED) is 0.862. The molecule has 4 nitrogen and oxygen atoms in total. The number of benzene rings is 1. The van der Waals surface area contributed by atoms with E-state index in [-0.39, 0.29) is 30.2 Å². The molecule has 1 aromatic rings. The van der Waals surface area contributed by atoms with Crippen LogP contribution in [0.3, 0.4) is 0 Å². The summed E-state index contributed by atoms with van der Waals surface area (Å²) in [6, 6.07) is 2.76. The first-order valence-electron chi connectivity index (χ1n) is 5.45. The van der Waals surface area contributed by atoms with Crippen molar-refractivity contribution in [2.24, 2.45) is 5.73 Å². The Hall–Kier alpha value is -1.56. The minimum atomic E-state index is -2.82. The zero-order valence-electron chi connectivity index (χ0n) is 10.2. The van der Waals surface area contributed by atoms with Gasteiger partial charge in [0.05, 0.1) is 19.6 Å². The summed E-state index contributed by atoms with van der Waals surface area (Å²) >= 11 is 0. The van der Waals surface area contributed by atoms with Crippen molar-refractivity contribution in [2.45, 2.75) is 17.8 Å². The number of phenolic OH excluding ortho intramolecular Hbond substituents is 1. The number of nitrogens with two attached hydrogens (primary N) is 1. The van der Waals surface area contributed by atoms with Crippen LogP contribution in [-0.4, -0.2) is 31.8 Å². The fourth-order valence-electron chi connectivity index (χ4n) is 2.16. The Balaban J connectivity index is 2.53. The van der Waals surface area contributed by atoms with Crippen molar-refractivity contribution in [3.8, 4) is 17.2 Å². The van der Waals surface area contributed by atoms with Crippen molar-refractivity contribution in [2.75, 3.05) is 20.8 Å². The lowest BCUT2D eigenvalue weighted by atomic mass is 9.94. The molecule has 2 rings (SSSR count). The molecule has 1 saturated carbocycles. The van der Waals surface area contributed by atoms with E-state index in [2.05, 4.69) is 0 Å².